The lowest BCUT2D eigenvalue weighted by atomic mass is 10.1. The number of aryl methyl sites for hydroxylation is 1. The zero-order chi connectivity index (χ0) is 14.7. The summed E-state index contributed by atoms with van der Waals surface area (Å²) in [7, 11) is 0. The molecule has 0 aliphatic carbocycles. The molecule has 0 bridgehead atoms. The summed E-state index contributed by atoms with van der Waals surface area (Å²) < 4.78 is 1.73. The Balaban J connectivity index is 2.02. The second kappa shape index (κ2) is 6.68. The van der Waals surface area contributed by atoms with E-state index in [0.29, 0.717) is 10.4 Å². The Hall–Kier alpha value is -0.930. The van der Waals surface area contributed by atoms with Crippen molar-refractivity contribution in [1.29, 1.82) is 0 Å². The van der Waals surface area contributed by atoms with Crippen molar-refractivity contribution in [3.8, 4) is 0 Å². The van der Waals surface area contributed by atoms with Gasteiger partial charge < -0.3 is 0 Å². The number of nitrogens with one attached hydrogen (secondary N) is 2. The average Bonchev–Trinajstić information content (AvgIpc) is 2.85. The highest BCUT2D eigenvalue weighted by molar-refractivity contribution is 14.1. The van der Waals surface area contributed by atoms with Crippen LogP contribution < -0.4 is 10.9 Å². The number of benzene rings is 1. The molecule has 0 saturated heterocycles. The average molecular weight is 465 g/mol. The molecule has 0 unspecified atom stereocenters. The van der Waals surface area contributed by atoms with Crippen LogP contribution in [0.5, 0.6) is 0 Å². The van der Waals surface area contributed by atoms with Gasteiger partial charge in [-0.3, -0.25) is 20.4 Å². The number of rotatable bonds is 2. The highest BCUT2D eigenvalue weighted by Gasteiger charge is 2.13. The van der Waals surface area contributed by atoms with Gasteiger partial charge in [0.15, 0.2) is 0 Å². The smallest absolute Gasteiger partial charge is 0.267 e. The van der Waals surface area contributed by atoms with Crippen molar-refractivity contribution in [2.24, 2.45) is 0 Å². The number of carbonyl (C=O) groups excluding carboxylic acids is 2. The fourth-order valence-corrected chi connectivity index (χ4v) is 3.39. The summed E-state index contributed by atoms with van der Waals surface area (Å²) in [4.78, 5) is 24.4. The van der Waals surface area contributed by atoms with Gasteiger partial charge in [-0.2, -0.15) is 0 Å². The predicted octanol–water partition coefficient (Wildman–Crippen LogP) is 3.50. The van der Waals surface area contributed by atoms with Gasteiger partial charge in [0.05, 0.1) is 14.2 Å². The molecular weight excluding hydrogens is 455 g/mol. The first kappa shape index (κ1) is 15.5. The van der Waals surface area contributed by atoms with Crippen LogP contribution >= 0.6 is 49.9 Å². The second-order valence-corrected chi connectivity index (χ2v) is 7.49. The topological polar surface area (TPSA) is 58.2 Å². The van der Waals surface area contributed by atoms with Gasteiger partial charge in [0, 0.05) is 3.57 Å². The van der Waals surface area contributed by atoms with Gasteiger partial charge in [0.1, 0.15) is 0 Å². The summed E-state index contributed by atoms with van der Waals surface area (Å²) in [5, 5.41) is 0. The summed E-state index contributed by atoms with van der Waals surface area (Å²) in [5.41, 5.74) is 6.39. The molecule has 7 heteroatoms. The van der Waals surface area contributed by atoms with E-state index < -0.39 is 0 Å². The van der Waals surface area contributed by atoms with Crippen molar-refractivity contribution in [3.05, 3.63) is 53.7 Å². The maximum atomic E-state index is 12.0. The van der Waals surface area contributed by atoms with Gasteiger partial charge in [-0.05, 0) is 69.2 Å². The Morgan fingerprint density at radius 2 is 1.85 bits per heavy atom. The molecule has 0 aliphatic heterocycles. The fourth-order valence-electron chi connectivity index (χ4n) is 1.50. The summed E-state index contributed by atoms with van der Waals surface area (Å²) in [5.74, 6) is -0.668. The van der Waals surface area contributed by atoms with Crippen molar-refractivity contribution in [1.82, 2.24) is 10.9 Å². The number of thiophene rings is 1. The maximum Gasteiger partial charge on any atom is 0.279 e. The lowest BCUT2D eigenvalue weighted by molar-refractivity contribution is 0.0848. The maximum absolute atomic E-state index is 12.0. The molecule has 0 atom stereocenters. The third-order valence-electron chi connectivity index (χ3n) is 2.52. The van der Waals surface area contributed by atoms with Gasteiger partial charge in [-0.15, -0.1) is 11.3 Å². The van der Waals surface area contributed by atoms with Crippen LogP contribution in [0.2, 0.25) is 0 Å². The number of halogens is 2. The first-order chi connectivity index (χ1) is 9.49. The standard InChI is InChI=1S/C13H10BrIN2O2S/c1-7-3-2-4-8(11(7)15)12(18)16-17-13(19)9-5-6-10(14)20-9/h2-6H,1H3,(H,16,18)(H,17,19). The highest BCUT2D eigenvalue weighted by Crippen LogP contribution is 2.21. The zero-order valence-corrected chi connectivity index (χ0v) is 14.9. The first-order valence-corrected chi connectivity index (χ1v) is 8.29. The third kappa shape index (κ3) is 3.58. The molecular formula is C13H10BrIN2O2S. The fraction of sp³-hybridized carbons (Fsp3) is 0.0769. The number of carbonyl (C=O) groups is 2. The molecule has 1 aromatic heterocycles. The van der Waals surface area contributed by atoms with E-state index in [2.05, 4.69) is 49.4 Å². The van der Waals surface area contributed by atoms with Crippen LogP contribution in [0.25, 0.3) is 0 Å². The van der Waals surface area contributed by atoms with E-state index in [0.717, 1.165) is 12.9 Å². The summed E-state index contributed by atoms with van der Waals surface area (Å²) in [6.45, 7) is 1.93. The van der Waals surface area contributed by atoms with Gasteiger partial charge in [-0.25, -0.2) is 0 Å². The van der Waals surface area contributed by atoms with Crippen LogP contribution in [-0.2, 0) is 0 Å². The van der Waals surface area contributed by atoms with E-state index in [4.69, 9.17) is 0 Å². The van der Waals surface area contributed by atoms with Crippen LogP contribution in [0.3, 0.4) is 0 Å². The van der Waals surface area contributed by atoms with Crippen LogP contribution in [0.1, 0.15) is 25.6 Å². The quantitative estimate of drug-likeness (QED) is 0.528. The minimum Gasteiger partial charge on any atom is -0.267 e. The molecule has 0 fully saturated rings. The van der Waals surface area contributed by atoms with E-state index in [1.54, 1.807) is 18.2 Å². The molecule has 2 aromatic rings. The van der Waals surface area contributed by atoms with E-state index in [9.17, 15) is 9.59 Å². The molecule has 4 nitrogen and oxygen atoms in total. The Morgan fingerprint density at radius 3 is 2.50 bits per heavy atom. The molecule has 20 heavy (non-hydrogen) atoms. The highest BCUT2D eigenvalue weighted by atomic mass is 127. The van der Waals surface area contributed by atoms with Crippen molar-refractivity contribution in [2.75, 3.05) is 0 Å². The van der Waals surface area contributed by atoms with E-state index in [1.165, 1.54) is 11.3 Å². The normalized spacial score (nSPS) is 10.2. The van der Waals surface area contributed by atoms with Crippen molar-refractivity contribution in [2.45, 2.75) is 6.92 Å². The van der Waals surface area contributed by atoms with Gasteiger partial charge >= 0.3 is 0 Å². The molecule has 0 aliphatic rings. The number of amides is 2. The largest absolute Gasteiger partial charge is 0.279 e. The Kier molecular flexibility index (Phi) is 5.17. The number of hydrazine groups is 1. The molecule has 2 rings (SSSR count). The Labute approximate surface area is 142 Å². The predicted molar refractivity (Wildman–Crippen MR) is 90.8 cm³/mol. The molecule has 0 saturated carbocycles. The molecule has 1 heterocycles. The minimum atomic E-state index is -0.336. The molecule has 1 aromatic carbocycles. The SMILES string of the molecule is Cc1cccc(C(=O)NNC(=O)c2ccc(Br)s2)c1I. The van der Waals surface area contributed by atoms with Crippen molar-refractivity contribution >= 4 is 61.7 Å². The Morgan fingerprint density at radius 1 is 1.15 bits per heavy atom. The van der Waals surface area contributed by atoms with E-state index in [-0.39, 0.29) is 11.8 Å². The van der Waals surface area contributed by atoms with Crippen LogP contribution in [-0.4, -0.2) is 11.8 Å². The summed E-state index contributed by atoms with van der Waals surface area (Å²) in [6.07, 6.45) is 0. The lowest BCUT2D eigenvalue weighted by Gasteiger charge is -2.09. The van der Waals surface area contributed by atoms with E-state index >= 15 is 0 Å². The molecule has 2 amide bonds. The van der Waals surface area contributed by atoms with Crippen LogP contribution in [0.15, 0.2) is 34.1 Å². The van der Waals surface area contributed by atoms with Crippen LogP contribution in [0.4, 0.5) is 0 Å². The number of hydrogen-bond acceptors (Lipinski definition) is 3. The first-order valence-electron chi connectivity index (χ1n) is 5.60. The van der Waals surface area contributed by atoms with E-state index in [1.807, 2.05) is 19.1 Å². The van der Waals surface area contributed by atoms with Gasteiger partial charge in [-0.1, -0.05) is 12.1 Å². The molecule has 104 valence electrons. The zero-order valence-electron chi connectivity index (χ0n) is 10.4. The Bertz CT molecular complexity index is 672. The monoisotopic (exact) mass is 464 g/mol. The molecule has 2 N–H and O–H groups in total. The summed E-state index contributed by atoms with van der Waals surface area (Å²) >= 11 is 6.70. The van der Waals surface area contributed by atoms with Gasteiger partial charge in [0.25, 0.3) is 11.8 Å². The van der Waals surface area contributed by atoms with Crippen molar-refractivity contribution in [3.63, 3.8) is 0 Å². The summed E-state index contributed by atoms with van der Waals surface area (Å²) in [6, 6.07) is 8.93. The number of hydrogen-bond donors (Lipinski definition) is 2. The van der Waals surface area contributed by atoms with Crippen molar-refractivity contribution < 1.29 is 9.59 Å². The molecule has 0 spiro atoms. The second-order valence-electron chi connectivity index (χ2n) is 3.95. The molecule has 0 radical (unpaired) electrons. The lowest BCUT2D eigenvalue weighted by Crippen LogP contribution is -2.41. The minimum absolute atomic E-state index is 0.331. The third-order valence-corrected chi connectivity index (χ3v) is 5.58. The van der Waals surface area contributed by atoms with Crippen LogP contribution in [0, 0.1) is 10.5 Å². The van der Waals surface area contributed by atoms with Gasteiger partial charge in [0.2, 0.25) is 0 Å².